The van der Waals surface area contributed by atoms with Crippen molar-refractivity contribution in [3.05, 3.63) is 29.3 Å². The van der Waals surface area contributed by atoms with Gasteiger partial charge in [0.1, 0.15) is 0 Å². The zero-order chi connectivity index (χ0) is 9.14. The molecule has 0 bridgehead atoms. The van der Waals surface area contributed by atoms with Gasteiger partial charge in [0.15, 0.2) is 0 Å². The molecule has 0 amide bonds. The van der Waals surface area contributed by atoms with E-state index in [2.05, 4.69) is 20.9 Å². The third kappa shape index (κ3) is 1.97. The normalized spacial score (nSPS) is 10.8. The molecule has 1 aromatic heterocycles. The zero-order valence-electron chi connectivity index (χ0n) is 5.90. The Morgan fingerprint density at radius 3 is 2.67 bits per heavy atom. The predicted octanol–water partition coefficient (Wildman–Crippen LogP) is 3.05. The van der Waals surface area contributed by atoms with E-state index in [-0.39, 0.29) is 10.9 Å². The molecule has 0 spiro atoms. The molecule has 1 nitrogen and oxygen atoms in total. The number of alkyl halides is 3. The molecule has 0 aliphatic rings. The zero-order valence-corrected chi connectivity index (χ0v) is 7.48. The predicted molar refractivity (Wildman–Crippen MR) is 41.8 cm³/mol. The van der Waals surface area contributed by atoms with Crippen molar-refractivity contribution in [3.8, 4) is 0 Å². The van der Waals surface area contributed by atoms with E-state index in [9.17, 15) is 13.2 Å². The van der Waals surface area contributed by atoms with Crippen LogP contribution in [0.2, 0.25) is 0 Å². The lowest BCUT2D eigenvalue weighted by molar-refractivity contribution is 0.150. The molecule has 5 heteroatoms. The Balaban J connectivity index is 3.12. The van der Waals surface area contributed by atoms with Gasteiger partial charge < -0.3 is 0 Å². The van der Waals surface area contributed by atoms with E-state index in [1.165, 1.54) is 0 Å². The van der Waals surface area contributed by atoms with E-state index in [0.717, 1.165) is 12.3 Å². The van der Waals surface area contributed by atoms with Crippen molar-refractivity contribution in [1.82, 2.24) is 4.98 Å². The molecule has 0 aliphatic carbocycles. The van der Waals surface area contributed by atoms with Crippen LogP contribution in [0.25, 0.3) is 0 Å². The van der Waals surface area contributed by atoms with Gasteiger partial charge in [0.2, 0.25) is 5.95 Å². The van der Waals surface area contributed by atoms with Gasteiger partial charge >= 0.3 is 0 Å². The van der Waals surface area contributed by atoms with Crippen molar-refractivity contribution in [1.29, 1.82) is 0 Å². The van der Waals surface area contributed by atoms with Crippen LogP contribution in [-0.4, -0.2) is 4.98 Å². The van der Waals surface area contributed by atoms with Crippen molar-refractivity contribution in [2.24, 2.45) is 0 Å². The summed E-state index contributed by atoms with van der Waals surface area (Å²) in [6, 6.07) is 0.751. The maximum absolute atomic E-state index is 12.4. The molecular formula is C7H5BrF3N. The highest BCUT2D eigenvalue weighted by molar-refractivity contribution is 9.08. The van der Waals surface area contributed by atoms with Crippen LogP contribution in [0.5, 0.6) is 0 Å². The maximum Gasteiger partial charge on any atom is 0.264 e. The summed E-state index contributed by atoms with van der Waals surface area (Å²) >= 11 is 3.01. The molecule has 0 aromatic carbocycles. The Bertz CT molecular complexity index is 277. The summed E-state index contributed by atoms with van der Waals surface area (Å²) in [5.41, 5.74) is 0.00535. The van der Waals surface area contributed by atoms with Crippen LogP contribution < -0.4 is 0 Å². The SMILES string of the molecule is Fc1cc(C(F)F)c(CBr)cn1. The summed E-state index contributed by atoms with van der Waals surface area (Å²) in [4.78, 5) is 3.26. The van der Waals surface area contributed by atoms with Gasteiger partial charge in [-0.05, 0) is 5.56 Å². The summed E-state index contributed by atoms with van der Waals surface area (Å²) in [6.07, 6.45) is -1.55. The lowest BCUT2D eigenvalue weighted by Gasteiger charge is -2.04. The van der Waals surface area contributed by atoms with E-state index in [4.69, 9.17) is 0 Å². The first-order valence-corrected chi connectivity index (χ1v) is 4.25. The largest absolute Gasteiger partial charge is 0.264 e. The number of aromatic nitrogens is 1. The van der Waals surface area contributed by atoms with Gasteiger partial charge in [0.05, 0.1) is 0 Å². The Kier molecular flexibility index (Phi) is 3.08. The fourth-order valence-corrected chi connectivity index (χ4v) is 1.26. The number of pyridine rings is 1. The molecule has 1 rings (SSSR count). The van der Waals surface area contributed by atoms with E-state index >= 15 is 0 Å². The molecule has 0 N–H and O–H groups in total. The maximum atomic E-state index is 12.4. The van der Waals surface area contributed by atoms with Crippen LogP contribution in [0, 0.1) is 5.95 Å². The minimum absolute atomic E-state index is 0.250. The molecule has 66 valence electrons. The Labute approximate surface area is 75.7 Å². The minimum atomic E-state index is -2.66. The standard InChI is InChI=1S/C7H5BrF3N/c8-2-4-3-12-6(9)1-5(4)7(10)11/h1,3,7H,2H2. The molecule has 0 radical (unpaired) electrons. The van der Waals surface area contributed by atoms with Crippen LogP contribution >= 0.6 is 15.9 Å². The second-order valence-electron chi connectivity index (χ2n) is 2.14. The van der Waals surface area contributed by atoms with Crippen molar-refractivity contribution in [2.45, 2.75) is 11.8 Å². The third-order valence-electron chi connectivity index (χ3n) is 1.37. The Morgan fingerprint density at radius 2 is 2.17 bits per heavy atom. The summed E-state index contributed by atoms with van der Waals surface area (Å²) in [6.45, 7) is 0. The lowest BCUT2D eigenvalue weighted by atomic mass is 10.2. The van der Waals surface area contributed by atoms with E-state index in [1.807, 2.05) is 0 Å². The highest BCUT2D eigenvalue weighted by Crippen LogP contribution is 2.24. The van der Waals surface area contributed by atoms with E-state index in [0.29, 0.717) is 5.56 Å². The quantitative estimate of drug-likeness (QED) is 0.571. The fraction of sp³-hybridized carbons (Fsp3) is 0.286. The van der Waals surface area contributed by atoms with Crippen molar-refractivity contribution in [3.63, 3.8) is 0 Å². The lowest BCUT2D eigenvalue weighted by Crippen LogP contribution is -1.95. The molecule has 0 saturated heterocycles. The molecule has 1 heterocycles. The molecular weight excluding hydrogens is 235 g/mol. The monoisotopic (exact) mass is 239 g/mol. The molecule has 0 atom stereocenters. The number of halogens is 4. The van der Waals surface area contributed by atoms with Gasteiger partial charge in [-0.15, -0.1) is 0 Å². The van der Waals surface area contributed by atoms with Crippen LogP contribution in [0.1, 0.15) is 17.6 Å². The summed E-state index contributed by atoms with van der Waals surface area (Å²) in [5.74, 6) is -0.880. The first-order chi connectivity index (χ1) is 5.65. The third-order valence-corrected chi connectivity index (χ3v) is 1.97. The molecule has 0 aliphatic heterocycles. The fourth-order valence-electron chi connectivity index (χ4n) is 0.787. The molecule has 1 aromatic rings. The first-order valence-electron chi connectivity index (χ1n) is 3.13. The first kappa shape index (κ1) is 9.51. The van der Waals surface area contributed by atoms with Gasteiger partial charge in [-0.25, -0.2) is 13.8 Å². The molecule has 0 fully saturated rings. The molecule has 12 heavy (non-hydrogen) atoms. The summed E-state index contributed by atoms with van der Waals surface area (Å²) < 4.78 is 36.7. The van der Waals surface area contributed by atoms with Gasteiger partial charge in [0.25, 0.3) is 6.43 Å². The van der Waals surface area contributed by atoms with Gasteiger partial charge in [-0.2, -0.15) is 4.39 Å². The molecule has 0 unspecified atom stereocenters. The molecule has 0 saturated carbocycles. The van der Waals surface area contributed by atoms with Gasteiger partial charge in [-0.1, -0.05) is 15.9 Å². The Hall–Kier alpha value is -0.580. The number of nitrogens with zero attached hydrogens (tertiary/aromatic N) is 1. The summed E-state index contributed by atoms with van der Waals surface area (Å²) in [7, 11) is 0. The highest BCUT2D eigenvalue weighted by Gasteiger charge is 2.13. The van der Waals surface area contributed by atoms with Gasteiger partial charge in [-0.3, -0.25) is 0 Å². The second-order valence-corrected chi connectivity index (χ2v) is 2.70. The van der Waals surface area contributed by atoms with Crippen molar-refractivity contribution < 1.29 is 13.2 Å². The van der Waals surface area contributed by atoms with Crippen LogP contribution in [0.3, 0.4) is 0 Å². The van der Waals surface area contributed by atoms with Crippen molar-refractivity contribution in [2.75, 3.05) is 0 Å². The summed E-state index contributed by atoms with van der Waals surface area (Å²) in [5, 5.41) is 0.250. The minimum Gasteiger partial charge on any atom is -0.228 e. The van der Waals surface area contributed by atoms with Crippen LogP contribution in [-0.2, 0) is 5.33 Å². The highest BCUT2D eigenvalue weighted by atomic mass is 79.9. The van der Waals surface area contributed by atoms with Crippen molar-refractivity contribution >= 4 is 15.9 Å². The average Bonchev–Trinajstić information content (AvgIpc) is 2.04. The van der Waals surface area contributed by atoms with Crippen LogP contribution in [0.4, 0.5) is 13.2 Å². The van der Waals surface area contributed by atoms with E-state index in [1.54, 1.807) is 0 Å². The average molecular weight is 240 g/mol. The number of rotatable bonds is 2. The van der Waals surface area contributed by atoms with Gasteiger partial charge in [0, 0.05) is 23.2 Å². The van der Waals surface area contributed by atoms with E-state index < -0.39 is 12.4 Å². The smallest absolute Gasteiger partial charge is 0.228 e. The topological polar surface area (TPSA) is 12.9 Å². The second kappa shape index (κ2) is 3.89. The Morgan fingerprint density at radius 1 is 1.50 bits per heavy atom. The number of hydrogen-bond acceptors (Lipinski definition) is 1. The number of hydrogen-bond donors (Lipinski definition) is 0. The van der Waals surface area contributed by atoms with Crippen LogP contribution in [0.15, 0.2) is 12.3 Å².